The van der Waals surface area contributed by atoms with Gasteiger partial charge in [0.2, 0.25) is 0 Å². The van der Waals surface area contributed by atoms with Gasteiger partial charge in [-0.15, -0.1) is 5.10 Å². The van der Waals surface area contributed by atoms with Crippen LogP contribution in [0.4, 0.5) is 4.39 Å². The predicted octanol–water partition coefficient (Wildman–Crippen LogP) is 5.29. The van der Waals surface area contributed by atoms with Gasteiger partial charge in [-0.1, -0.05) is 36.0 Å². The molecule has 0 aliphatic rings. The molecule has 0 fully saturated rings. The molecule has 0 bridgehead atoms. The Morgan fingerprint density at radius 2 is 1.67 bits per heavy atom. The Hall–Kier alpha value is -4.11. The number of carbonyl (C=O) groups excluding carboxylic acids is 1. The summed E-state index contributed by atoms with van der Waals surface area (Å²) in [5.41, 5.74) is 4.01. The number of halogens is 1. The van der Waals surface area contributed by atoms with Gasteiger partial charge < -0.3 is 4.57 Å². The molecule has 7 nitrogen and oxygen atoms in total. The Balaban J connectivity index is 1.31. The number of benzene rings is 3. The van der Waals surface area contributed by atoms with Gasteiger partial charge in [0.05, 0.1) is 22.3 Å². The van der Waals surface area contributed by atoms with Crippen molar-refractivity contribution in [3.8, 4) is 0 Å². The van der Waals surface area contributed by atoms with Crippen molar-refractivity contribution in [2.75, 3.05) is 5.75 Å². The van der Waals surface area contributed by atoms with Crippen LogP contribution >= 0.6 is 11.8 Å². The maximum atomic E-state index is 13.2. The molecule has 36 heavy (non-hydrogen) atoms. The van der Waals surface area contributed by atoms with E-state index >= 15 is 0 Å². The van der Waals surface area contributed by atoms with Crippen molar-refractivity contribution in [2.45, 2.75) is 25.0 Å². The molecule has 0 radical (unpaired) electrons. The van der Waals surface area contributed by atoms with E-state index in [2.05, 4.69) is 15.6 Å². The zero-order valence-corrected chi connectivity index (χ0v) is 20.2. The number of aryl methyl sites for hydroxylation is 3. The number of imidazole rings is 1. The summed E-state index contributed by atoms with van der Waals surface area (Å²) in [5.74, 6) is 1.32. The maximum Gasteiger partial charge on any atom is 0.192 e. The number of rotatable bonds is 7. The second kappa shape index (κ2) is 9.16. The first-order chi connectivity index (χ1) is 17.6. The van der Waals surface area contributed by atoms with E-state index in [0.29, 0.717) is 35.2 Å². The Morgan fingerprint density at radius 1 is 0.917 bits per heavy atom. The smallest absolute Gasteiger partial charge is 0.192 e. The first-order valence-electron chi connectivity index (χ1n) is 11.5. The summed E-state index contributed by atoms with van der Waals surface area (Å²) in [7, 11) is 0. The van der Waals surface area contributed by atoms with Crippen LogP contribution in [0.25, 0.3) is 27.6 Å². The van der Waals surface area contributed by atoms with Crippen LogP contribution in [-0.4, -0.2) is 40.7 Å². The molecule has 0 N–H and O–H groups in total. The number of thioether (sulfide) groups is 1. The number of Topliss-reactive ketones (excluding diaryl/α,β-unsaturated/α-hetero) is 1. The lowest BCUT2D eigenvalue weighted by atomic mass is 10.1. The number of para-hydroxylation sites is 3. The summed E-state index contributed by atoms with van der Waals surface area (Å²) in [4.78, 5) is 26.9. The Morgan fingerprint density at radius 3 is 2.50 bits per heavy atom. The SMILES string of the molecule is Cc1nc2ccccc2n1CCc1nc2c3ccccc3nc(SCC(=O)c3ccc(F)cc3)n2n1. The minimum absolute atomic E-state index is 0.106. The lowest BCUT2D eigenvalue weighted by Gasteiger charge is -2.06. The lowest BCUT2D eigenvalue weighted by Crippen LogP contribution is -2.06. The van der Waals surface area contributed by atoms with Gasteiger partial charge in [-0.05, 0) is 55.5 Å². The van der Waals surface area contributed by atoms with E-state index in [0.717, 1.165) is 27.8 Å². The first-order valence-corrected chi connectivity index (χ1v) is 12.5. The molecule has 3 aromatic heterocycles. The Bertz CT molecular complexity index is 1740. The van der Waals surface area contributed by atoms with Gasteiger partial charge in [-0.3, -0.25) is 4.79 Å². The quantitative estimate of drug-likeness (QED) is 0.170. The minimum atomic E-state index is -0.369. The molecular weight excluding hydrogens is 475 g/mol. The topological polar surface area (TPSA) is 78.0 Å². The van der Waals surface area contributed by atoms with Crippen molar-refractivity contribution in [1.82, 2.24) is 29.1 Å². The molecule has 0 saturated carbocycles. The molecule has 0 unspecified atom stereocenters. The molecule has 6 aromatic rings. The molecule has 0 atom stereocenters. The number of hydrogen-bond donors (Lipinski definition) is 0. The Kier molecular flexibility index (Phi) is 5.69. The normalized spacial score (nSPS) is 11.6. The number of fused-ring (bicyclic) bond motifs is 4. The summed E-state index contributed by atoms with van der Waals surface area (Å²) < 4.78 is 17.1. The highest BCUT2D eigenvalue weighted by Crippen LogP contribution is 2.25. The van der Waals surface area contributed by atoms with Gasteiger partial charge in [0.1, 0.15) is 11.6 Å². The van der Waals surface area contributed by atoms with Crippen LogP contribution in [0.2, 0.25) is 0 Å². The van der Waals surface area contributed by atoms with Crippen molar-refractivity contribution < 1.29 is 9.18 Å². The van der Waals surface area contributed by atoms with Crippen molar-refractivity contribution >= 4 is 45.1 Å². The van der Waals surface area contributed by atoms with Gasteiger partial charge in [-0.25, -0.2) is 19.3 Å². The molecule has 0 aliphatic carbocycles. The third-order valence-electron chi connectivity index (χ3n) is 6.10. The van der Waals surface area contributed by atoms with Crippen molar-refractivity contribution in [3.05, 3.63) is 95.8 Å². The van der Waals surface area contributed by atoms with Gasteiger partial charge in [0, 0.05) is 23.9 Å². The van der Waals surface area contributed by atoms with Crippen LogP contribution in [0.3, 0.4) is 0 Å². The molecule has 3 aromatic carbocycles. The number of carbonyl (C=O) groups is 1. The summed E-state index contributed by atoms with van der Waals surface area (Å²) in [6.07, 6.45) is 0.621. The summed E-state index contributed by atoms with van der Waals surface area (Å²) in [5, 5.41) is 6.25. The highest BCUT2D eigenvalue weighted by atomic mass is 32.2. The molecule has 178 valence electrons. The number of aromatic nitrogens is 6. The highest BCUT2D eigenvalue weighted by Gasteiger charge is 2.16. The van der Waals surface area contributed by atoms with Gasteiger partial charge in [0.15, 0.2) is 22.4 Å². The fourth-order valence-corrected chi connectivity index (χ4v) is 5.15. The summed E-state index contributed by atoms with van der Waals surface area (Å²) in [6.45, 7) is 2.70. The van der Waals surface area contributed by atoms with Gasteiger partial charge in [-0.2, -0.15) is 4.52 Å². The fraction of sp³-hybridized carbons (Fsp3) is 0.148. The monoisotopic (exact) mass is 496 g/mol. The van der Waals surface area contributed by atoms with Crippen LogP contribution in [-0.2, 0) is 13.0 Å². The Labute approximate surface area is 210 Å². The molecule has 0 aliphatic heterocycles. The molecule has 3 heterocycles. The zero-order chi connectivity index (χ0) is 24.6. The second-order valence-corrected chi connectivity index (χ2v) is 9.39. The van der Waals surface area contributed by atoms with Gasteiger partial charge in [0.25, 0.3) is 0 Å². The van der Waals surface area contributed by atoms with Crippen LogP contribution in [0, 0.1) is 12.7 Å². The second-order valence-electron chi connectivity index (χ2n) is 8.44. The summed E-state index contributed by atoms with van der Waals surface area (Å²) in [6, 6.07) is 21.4. The molecule has 0 spiro atoms. The number of ketones is 1. The molecule has 9 heteroatoms. The fourth-order valence-electron chi connectivity index (χ4n) is 4.31. The van der Waals surface area contributed by atoms with Crippen LogP contribution in [0.1, 0.15) is 22.0 Å². The van der Waals surface area contributed by atoms with Gasteiger partial charge >= 0.3 is 0 Å². The van der Waals surface area contributed by atoms with E-state index in [1.54, 1.807) is 4.52 Å². The van der Waals surface area contributed by atoms with E-state index < -0.39 is 0 Å². The van der Waals surface area contributed by atoms with E-state index in [4.69, 9.17) is 15.1 Å². The standard InChI is InChI=1S/C27H21FN6OS/c1-17-29-22-8-4-5-9-23(22)33(17)15-14-25-31-26-20-6-2-3-7-21(20)30-27(34(26)32-25)36-16-24(35)18-10-12-19(28)13-11-18/h2-13H,14-16H2,1H3. The lowest BCUT2D eigenvalue weighted by molar-refractivity contribution is 0.102. The van der Waals surface area contributed by atoms with E-state index in [1.807, 2.05) is 49.4 Å². The maximum absolute atomic E-state index is 13.2. The van der Waals surface area contributed by atoms with Crippen LogP contribution in [0.15, 0.2) is 78.0 Å². The van der Waals surface area contributed by atoms with E-state index in [-0.39, 0.29) is 17.4 Å². The van der Waals surface area contributed by atoms with E-state index in [9.17, 15) is 9.18 Å². The average Bonchev–Trinajstić information content (AvgIpc) is 3.47. The third kappa shape index (κ3) is 4.11. The molecular formula is C27H21FN6OS. The van der Waals surface area contributed by atoms with Crippen LogP contribution in [0.5, 0.6) is 0 Å². The molecule has 0 amide bonds. The predicted molar refractivity (Wildman–Crippen MR) is 138 cm³/mol. The zero-order valence-electron chi connectivity index (χ0n) is 19.4. The number of hydrogen-bond acceptors (Lipinski definition) is 6. The largest absolute Gasteiger partial charge is 0.328 e. The van der Waals surface area contributed by atoms with Crippen molar-refractivity contribution in [3.63, 3.8) is 0 Å². The molecule has 6 rings (SSSR count). The van der Waals surface area contributed by atoms with E-state index in [1.165, 1.54) is 36.0 Å². The van der Waals surface area contributed by atoms with Crippen molar-refractivity contribution in [1.29, 1.82) is 0 Å². The first kappa shape index (κ1) is 22.4. The molecule has 0 saturated heterocycles. The van der Waals surface area contributed by atoms with Crippen molar-refractivity contribution in [2.24, 2.45) is 0 Å². The number of nitrogens with zero attached hydrogens (tertiary/aromatic N) is 6. The minimum Gasteiger partial charge on any atom is -0.328 e. The highest BCUT2D eigenvalue weighted by molar-refractivity contribution is 7.99. The average molecular weight is 497 g/mol. The van der Waals surface area contributed by atoms with Crippen LogP contribution < -0.4 is 0 Å². The summed E-state index contributed by atoms with van der Waals surface area (Å²) >= 11 is 1.30. The third-order valence-corrected chi connectivity index (χ3v) is 7.03.